The number of nitrogens with zero attached hydrogens (tertiary/aromatic N) is 4. The van der Waals surface area contributed by atoms with E-state index >= 15 is 0 Å². The molecular formula is C21H17N5OS3. The lowest BCUT2D eigenvalue weighted by Gasteiger charge is -2.04. The number of amides is 1. The van der Waals surface area contributed by atoms with Crippen molar-refractivity contribution in [2.75, 3.05) is 5.75 Å². The number of pyridine rings is 1. The largest absolute Gasteiger partial charge is 0.272 e. The highest BCUT2D eigenvalue weighted by molar-refractivity contribution is 8.03. The normalized spacial score (nSPS) is 11.2. The number of hydrogen-bond donors (Lipinski definition) is 1. The van der Waals surface area contributed by atoms with Crippen LogP contribution in [0, 0.1) is 0 Å². The first-order valence-electron chi connectivity index (χ1n) is 9.06. The summed E-state index contributed by atoms with van der Waals surface area (Å²) in [5.41, 5.74) is 4.45. The van der Waals surface area contributed by atoms with Gasteiger partial charge in [0.2, 0.25) is 0 Å². The van der Waals surface area contributed by atoms with Crippen LogP contribution in [-0.4, -0.2) is 33.1 Å². The molecule has 0 fully saturated rings. The molecule has 1 amide bonds. The Kier molecular flexibility index (Phi) is 7.07. The number of carbonyl (C=O) groups excluding carboxylic acids is 1. The van der Waals surface area contributed by atoms with Gasteiger partial charge in [-0.1, -0.05) is 83.4 Å². The number of aromatic nitrogens is 3. The van der Waals surface area contributed by atoms with Crippen molar-refractivity contribution in [1.29, 1.82) is 0 Å². The van der Waals surface area contributed by atoms with E-state index in [-0.39, 0.29) is 11.7 Å². The summed E-state index contributed by atoms with van der Waals surface area (Å²) in [6.07, 6.45) is 3.18. The maximum Gasteiger partial charge on any atom is 0.250 e. The number of benzene rings is 2. The van der Waals surface area contributed by atoms with E-state index in [9.17, 15) is 4.79 Å². The zero-order valence-electron chi connectivity index (χ0n) is 15.8. The summed E-state index contributed by atoms with van der Waals surface area (Å²) in [5, 5.41) is 14.8. The topological polar surface area (TPSA) is 80.1 Å². The summed E-state index contributed by atoms with van der Waals surface area (Å²) in [7, 11) is 0. The first kappa shape index (κ1) is 20.5. The molecular weight excluding hydrogens is 434 g/mol. The smallest absolute Gasteiger partial charge is 0.250 e. The van der Waals surface area contributed by atoms with Crippen LogP contribution in [0.5, 0.6) is 0 Å². The Morgan fingerprint density at radius 1 is 1.00 bits per heavy atom. The van der Waals surface area contributed by atoms with Gasteiger partial charge in [-0.05, 0) is 28.5 Å². The standard InChI is InChI=1S/C21H17N5OS3/c27-19(24-23-12-17-9-3-4-11-22-17)14-29-21-26-25-20(30-21)28-13-16-8-5-7-15-6-1-2-10-18(15)16/h1-12H,13-14H2,(H,24,27)/b23-12-. The number of rotatable bonds is 8. The van der Waals surface area contributed by atoms with Crippen molar-refractivity contribution in [2.24, 2.45) is 5.10 Å². The van der Waals surface area contributed by atoms with E-state index in [0.29, 0.717) is 5.69 Å². The molecule has 6 nitrogen and oxygen atoms in total. The first-order valence-corrected chi connectivity index (χ1v) is 11.9. The van der Waals surface area contributed by atoms with Crippen molar-refractivity contribution in [3.8, 4) is 0 Å². The first-order chi connectivity index (χ1) is 14.8. The minimum absolute atomic E-state index is 0.202. The van der Waals surface area contributed by atoms with E-state index < -0.39 is 0 Å². The van der Waals surface area contributed by atoms with Crippen molar-refractivity contribution in [3.63, 3.8) is 0 Å². The lowest BCUT2D eigenvalue weighted by atomic mass is 10.1. The number of hydrazone groups is 1. The molecule has 0 bridgehead atoms. The van der Waals surface area contributed by atoms with Gasteiger partial charge in [-0.2, -0.15) is 5.10 Å². The van der Waals surface area contributed by atoms with E-state index in [4.69, 9.17) is 0 Å². The number of hydrogen-bond acceptors (Lipinski definition) is 8. The predicted molar refractivity (Wildman–Crippen MR) is 124 cm³/mol. The Balaban J connectivity index is 1.26. The van der Waals surface area contributed by atoms with E-state index in [1.165, 1.54) is 45.6 Å². The SMILES string of the molecule is O=C(CSc1nnc(SCc2cccc3ccccc23)s1)N/N=C\c1ccccn1. The van der Waals surface area contributed by atoms with Gasteiger partial charge in [0.15, 0.2) is 8.68 Å². The van der Waals surface area contributed by atoms with Gasteiger partial charge in [0.05, 0.1) is 17.7 Å². The predicted octanol–water partition coefficient (Wildman–Crippen LogP) is 4.62. The van der Waals surface area contributed by atoms with Crippen LogP contribution in [0.4, 0.5) is 0 Å². The van der Waals surface area contributed by atoms with Gasteiger partial charge in [0.1, 0.15) is 0 Å². The summed E-state index contributed by atoms with van der Waals surface area (Å²) < 4.78 is 1.65. The Hall–Kier alpha value is -2.75. The second-order valence-electron chi connectivity index (χ2n) is 6.10. The summed E-state index contributed by atoms with van der Waals surface area (Å²) in [5.74, 6) is 0.846. The molecule has 150 valence electrons. The molecule has 1 N–H and O–H groups in total. The average Bonchev–Trinajstić information content (AvgIpc) is 3.25. The van der Waals surface area contributed by atoms with Crippen LogP contribution in [0.2, 0.25) is 0 Å². The third kappa shape index (κ3) is 5.65. The average molecular weight is 452 g/mol. The number of fused-ring (bicyclic) bond motifs is 1. The van der Waals surface area contributed by atoms with Crippen LogP contribution in [0.25, 0.3) is 10.8 Å². The highest BCUT2D eigenvalue weighted by atomic mass is 32.2. The minimum Gasteiger partial charge on any atom is -0.272 e. The molecule has 0 saturated carbocycles. The molecule has 0 unspecified atom stereocenters. The van der Waals surface area contributed by atoms with Crippen molar-refractivity contribution >= 4 is 57.8 Å². The van der Waals surface area contributed by atoms with Gasteiger partial charge in [-0.25, -0.2) is 5.43 Å². The quantitative estimate of drug-likeness (QED) is 0.239. The summed E-state index contributed by atoms with van der Waals surface area (Å²) >= 11 is 4.50. The molecule has 2 aromatic heterocycles. The van der Waals surface area contributed by atoms with Crippen molar-refractivity contribution in [1.82, 2.24) is 20.6 Å². The van der Waals surface area contributed by atoms with Gasteiger partial charge >= 0.3 is 0 Å². The second kappa shape index (κ2) is 10.3. The molecule has 0 atom stereocenters. The zero-order valence-corrected chi connectivity index (χ0v) is 18.2. The summed E-state index contributed by atoms with van der Waals surface area (Å²) in [6, 6.07) is 20.2. The lowest BCUT2D eigenvalue weighted by molar-refractivity contribution is -0.118. The molecule has 0 aliphatic heterocycles. The van der Waals surface area contributed by atoms with Gasteiger partial charge in [-0.3, -0.25) is 9.78 Å². The maximum atomic E-state index is 11.9. The van der Waals surface area contributed by atoms with Crippen molar-refractivity contribution < 1.29 is 4.79 Å². The molecule has 0 radical (unpaired) electrons. The monoisotopic (exact) mass is 451 g/mol. The van der Waals surface area contributed by atoms with Gasteiger partial charge < -0.3 is 0 Å². The second-order valence-corrected chi connectivity index (χ2v) is 9.52. The van der Waals surface area contributed by atoms with Crippen LogP contribution >= 0.6 is 34.9 Å². The number of nitrogens with one attached hydrogen (secondary N) is 1. The minimum atomic E-state index is -0.202. The van der Waals surface area contributed by atoms with Crippen LogP contribution < -0.4 is 5.43 Å². The van der Waals surface area contributed by atoms with E-state index in [1.54, 1.807) is 18.0 Å². The van der Waals surface area contributed by atoms with E-state index in [2.05, 4.69) is 62.1 Å². The fourth-order valence-corrected chi connectivity index (χ4v) is 5.47. The van der Waals surface area contributed by atoms with Gasteiger partial charge in [0, 0.05) is 11.9 Å². The summed E-state index contributed by atoms with van der Waals surface area (Å²) in [6.45, 7) is 0. The van der Waals surface area contributed by atoms with Crippen LogP contribution in [0.1, 0.15) is 11.3 Å². The molecule has 0 saturated heterocycles. The molecule has 2 aromatic carbocycles. The molecule has 0 aliphatic rings. The Labute approximate surface area is 186 Å². The Morgan fingerprint density at radius 3 is 2.67 bits per heavy atom. The highest BCUT2D eigenvalue weighted by Gasteiger charge is 2.09. The van der Waals surface area contributed by atoms with Crippen molar-refractivity contribution in [2.45, 2.75) is 14.4 Å². The maximum absolute atomic E-state index is 11.9. The lowest BCUT2D eigenvalue weighted by Crippen LogP contribution is -2.19. The molecule has 4 rings (SSSR count). The number of carbonyl (C=O) groups is 1. The molecule has 2 heterocycles. The molecule has 4 aromatic rings. The molecule has 30 heavy (non-hydrogen) atoms. The fraction of sp³-hybridized carbons (Fsp3) is 0.0952. The number of thioether (sulfide) groups is 2. The van der Waals surface area contributed by atoms with E-state index in [0.717, 1.165) is 14.4 Å². The van der Waals surface area contributed by atoms with E-state index in [1.807, 2.05) is 24.3 Å². The van der Waals surface area contributed by atoms with Crippen LogP contribution in [0.15, 0.2) is 80.6 Å². The molecule has 0 spiro atoms. The third-order valence-corrected chi connectivity index (χ3v) is 7.26. The Morgan fingerprint density at radius 2 is 1.80 bits per heavy atom. The highest BCUT2D eigenvalue weighted by Crippen LogP contribution is 2.32. The summed E-state index contributed by atoms with van der Waals surface area (Å²) in [4.78, 5) is 16.0. The van der Waals surface area contributed by atoms with Gasteiger partial charge in [-0.15, -0.1) is 10.2 Å². The molecule has 0 aliphatic carbocycles. The third-order valence-electron chi connectivity index (χ3n) is 4.02. The van der Waals surface area contributed by atoms with Crippen LogP contribution in [0.3, 0.4) is 0 Å². The zero-order chi connectivity index (χ0) is 20.6. The fourth-order valence-electron chi connectivity index (χ4n) is 2.65. The Bertz CT molecular complexity index is 1160. The van der Waals surface area contributed by atoms with Crippen LogP contribution in [-0.2, 0) is 10.5 Å². The van der Waals surface area contributed by atoms with Crippen molar-refractivity contribution in [3.05, 3.63) is 78.1 Å². The molecule has 9 heteroatoms. The van der Waals surface area contributed by atoms with Gasteiger partial charge in [0.25, 0.3) is 5.91 Å².